The van der Waals surface area contributed by atoms with Crippen LogP contribution in [0.2, 0.25) is 0 Å². The van der Waals surface area contributed by atoms with Crippen molar-refractivity contribution in [2.24, 2.45) is 7.05 Å². The van der Waals surface area contributed by atoms with Gasteiger partial charge in [0.1, 0.15) is 0 Å². The molecular weight excluding hydrogens is 294 g/mol. The number of hydrogen-bond donors (Lipinski definition) is 1. The van der Waals surface area contributed by atoms with Crippen LogP contribution in [0.3, 0.4) is 0 Å². The van der Waals surface area contributed by atoms with Crippen molar-refractivity contribution >= 4 is 27.5 Å². The Morgan fingerprint density at radius 3 is 2.61 bits per heavy atom. The molecule has 0 bridgehead atoms. The van der Waals surface area contributed by atoms with E-state index in [1.54, 1.807) is 16.9 Å². The van der Waals surface area contributed by atoms with E-state index in [4.69, 9.17) is 0 Å². The number of anilines is 1. The fraction of sp³-hybridized carbons (Fsp3) is 0.231. The molecule has 0 saturated heterocycles. The molecule has 94 valence electrons. The number of aromatic nitrogens is 2. The Morgan fingerprint density at radius 1 is 1.33 bits per heavy atom. The highest BCUT2D eigenvalue weighted by Crippen LogP contribution is 2.18. The normalized spacial score (nSPS) is 10.4. The number of carbonyl (C=O) groups is 1. The second-order valence-corrected chi connectivity index (χ2v) is 5.19. The molecule has 1 aromatic carbocycles. The molecule has 0 unspecified atom stereocenters. The highest BCUT2D eigenvalue weighted by atomic mass is 79.9. The summed E-state index contributed by atoms with van der Waals surface area (Å²) >= 11 is 3.39. The van der Waals surface area contributed by atoms with Crippen LogP contribution in [-0.2, 0) is 7.05 Å². The van der Waals surface area contributed by atoms with Gasteiger partial charge >= 0.3 is 0 Å². The molecule has 0 aliphatic carbocycles. The Bertz CT molecular complexity index is 584. The summed E-state index contributed by atoms with van der Waals surface area (Å²) in [6, 6.07) is 5.62. The zero-order valence-electron chi connectivity index (χ0n) is 10.5. The lowest BCUT2D eigenvalue weighted by atomic mass is 10.1. The van der Waals surface area contributed by atoms with Crippen LogP contribution < -0.4 is 5.32 Å². The van der Waals surface area contributed by atoms with Gasteiger partial charge in [0.15, 0.2) is 0 Å². The Kier molecular flexibility index (Phi) is 3.52. The van der Waals surface area contributed by atoms with Crippen LogP contribution >= 0.6 is 15.9 Å². The van der Waals surface area contributed by atoms with E-state index in [0.717, 1.165) is 21.4 Å². The maximum Gasteiger partial charge on any atom is 0.255 e. The number of nitrogens with one attached hydrogen (secondary N) is 1. The van der Waals surface area contributed by atoms with Gasteiger partial charge in [0.05, 0.1) is 11.4 Å². The van der Waals surface area contributed by atoms with E-state index in [1.807, 2.05) is 33.0 Å². The first-order valence-electron chi connectivity index (χ1n) is 5.54. The average Bonchev–Trinajstić information content (AvgIpc) is 2.56. The third-order valence-electron chi connectivity index (χ3n) is 2.57. The molecule has 4 nitrogen and oxygen atoms in total. The van der Waals surface area contributed by atoms with E-state index in [9.17, 15) is 4.79 Å². The van der Waals surface area contributed by atoms with Gasteiger partial charge in [-0.05, 0) is 37.6 Å². The summed E-state index contributed by atoms with van der Waals surface area (Å²) < 4.78 is 2.58. The SMILES string of the molecule is Cc1cc(Br)cc(C(=O)Nc2cn(C)nc2C)c1. The lowest BCUT2D eigenvalue weighted by Crippen LogP contribution is -2.12. The quantitative estimate of drug-likeness (QED) is 0.927. The average molecular weight is 308 g/mol. The second-order valence-electron chi connectivity index (χ2n) is 4.27. The predicted molar refractivity (Wildman–Crippen MR) is 74.8 cm³/mol. The summed E-state index contributed by atoms with van der Waals surface area (Å²) in [6.07, 6.45) is 1.79. The van der Waals surface area contributed by atoms with Crippen molar-refractivity contribution in [3.63, 3.8) is 0 Å². The van der Waals surface area contributed by atoms with Crippen LogP contribution in [0.5, 0.6) is 0 Å². The van der Waals surface area contributed by atoms with Crippen molar-refractivity contribution in [2.45, 2.75) is 13.8 Å². The zero-order chi connectivity index (χ0) is 13.3. The minimum absolute atomic E-state index is 0.129. The first kappa shape index (κ1) is 12.8. The van der Waals surface area contributed by atoms with Crippen molar-refractivity contribution < 1.29 is 4.79 Å². The molecule has 1 aromatic heterocycles. The highest BCUT2D eigenvalue weighted by molar-refractivity contribution is 9.10. The van der Waals surface area contributed by atoms with E-state index >= 15 is 0 Å². The first-order chi connectivity index (χ1) is 8.45. The van der Waals surface area contributed by atoms with E-state index < -0.39 is 0 Å². The zero-order valence-corrected chi connectivity index (χ0v) is 12.1. The number of halogens is 1. The van der Waals surface area contributed by atoms with Gasteiger partial charge in [-0.1, -0.05) is 15.9 Å². The van der Waals surface area contributed by atoms with Crippen molar-refractivity contribution in [1.82, 2.24) is 9.78 Å². The Balaban J connectivity index is 2.24. The van der Waals surface area contributed by atoms with Gasteiger partial charge in [-0.2, -0.15) is 5.10 Å². The second kappa shape index (κ2) is 4.94. The Labute approximate surface area is 114 Å². The number of carbonyl (C=O) groups excluding carboxylic acids is 1. The number of hydrogen-bond acceptors (Lipinski definition) is 2. The molecule has 0 fully saturated rings. The van der Waals surface area contributed by atoms with Crippen molar-refractivity contribution in [3.8, 4) is 0 Å². The van der Waals surface area contributed by atoms with Gasteiger partial charge in [0.2, 0.25) is 0 Å². The molecule has 0 aliphatic heterocycles. The maximum absolute atomic E-state index is 12.1. The summed E-state index contributed by atoms with van der Waals surface area (Å²) in [5.74, 6) is -0.129. The van der Waals surface area contributed by atoms with Gasteiger partial charge in [-0.15, -0.1) is 0 Å². The standard InChI is InChI=1S/C13H14BrN3O/c1-8-4-10(6-11(14)5-8)13(18)15-12-7-17(3)16-9(12)2/h4-7H,1-3H3,(H,15,18). The summed E-state index contributed by atoms with van der Waals surface area (Å²) in [5, 5.41) is 7.04. The lowest BCUT2D eigenvalue weighted by Gasteiger charge is -2.05. The number of amides is 1. The van der Waals surface area contributed by atoms with Gasteiger partial charge in [0.25, 0.3) is 5.91 Å². The Morgan fingerprint density at radius 2 is 2.06 bits per heavy atom. The van der Waals surface area contributed by atoms with Crippen LogP contribution in [-0.4, -0.2) is 15.7 Å². The van der Waals surface area contributed by atoms with Crippen LogP contribution in [0.25, 0.3) is 0 Å². The number of rotatable bonds is 2. The van der Waals surface area contributed by atoms with Crippen molar-refractivity contribution in [2.75, 3.05) is 5.32 Å². The smallest absolute Gasteiger partial charge is 0.255 e. The molecular formula is C13H14BrN3O. The minimum Gasteiger partial charge on any atom is -0.319 e. The molecule has 2 rings (SSSR count). The topological polar surface area (TPSA) is 46.9 Å². The summed E-state index contributed by atoms with van der Waals surface area (Å²) in [4.78, 5) is 12.1. The largest absolute Gasteiger partial charge is 0.319 e. The van der Waals surface area contributed by atoms with Gasteiger partial charge in [0, 0.05) is 23.3 Å². The molecule has 0 aliphatic rings. The summed E-state index contributed by atoms with van der Waals surface area (Å²) in [7, 11) is 1.83. The molecule has 1 amide bonds. The third kappa shape index (κ3) is 2.79. The summed E-state index contributed by atoms with van der Waals surface area (Å²) in [6.45, 7) is 3.82. The maximum atomic E-state index is 12.1. The summed E-state index contributed by atoms with van der Waals surface area (Å²) in [5.41, 5.74) is 3.21. The monoisotopic (exact) mass is 307 g/mol. The van der Waals surface area contributed by atoms with E-state index in [0.29, 0.717) is 5.56 Å². The Hall–Kier alpha value is -1.62. The minimum atomic E-state index is -0.129. The van der Waals surface area contributed by atoms with Gasteiger partial charge in [-0.25, -0.2) is 0 Å². The van der Waals surface area contributed by atoms with Crippen LogP contribution in [0.1, 0.15) is 21.6 Å². The molecule has 0 spiro atoms. The molecule has 5 heteroatoms. The highest BCUT2D eigenvalue weighted by Gasteiger charge is 2.10. The number of benzene rings is 1. The van der Waals surface area contributed by atoms with Gasteiger partial charge in [-0.3, -0.25) is 9.48 Å². The molecule has 2 aromatic rings. The van der Waals surface area contributed by atoms with Crippen LogP contribution in [0, 0.1) is 13.8 Å². The number of aryl methyl sites for hydroxylation is 3. The van der Waals surface area contributed by atoms with E-state index in [2.05, 4.69) is 26.3 Å². The van der Waals surface area contributed by atoms with Crippen molar-refractivity contribution in [3.05, 3.63) is 45.7 Å². The molecule has 1 heterocycles. The van der Waals surface area contributed by atoms with Crippen LogP contribution in [0.4, 0.5) is 5.69 Å². The molecule has 0 atom stereocenters. The predicted octanol–water partition coefficient (Wildman–Crippen LogP) is 3.05. The molecule has 0 radical (unpaired) electrons. The lowest BCUT2D eigenvalue weighted by molar-refractivity contribution is 0.102. The fourth-order valence-electron chi connectivity index (χ4n) is 1.78. The van der Waals surface area contributed by atoms with E-state index in [-0.39, 0.29) is 5.91 Å². The van der Waals surface area contributed by atoms with E-state index in [1.165, 1.54) is 0 Å². The third-order valence-corrected chi connectivity index (χ3v) is 3.02. The first-order valence-corrected chi connectivity index (χ1v) is 6.34. The number of nitrogens with zero attached hydrogens (tertiary/aromatic N) is 2. The fourth-order valence-corrected chi connectivity index (χ4v) is 2.39. The van der Waals surface area contributed by atoms with Crippen molar-refractivity contribution in [1.29, 1.82) is 0 Å². The van der Waals surface area contributed by atoms with Crippen LogP contribution in [0.15, 0.2) is 28.9 Å². The molecule has 0 saturated carbocycles. The van der Waals surface area contributed by atoms with Gasteiger partial charge < -0.3 is 5.32 Å². The molecule has 1 N–H and O–H groups in total. The molecule has 18 heavy (non-hydrogen) atoms.